The highest BCUT2D eigenvalue weighted by atomic mass is 79.9. The molecule has 1 aromatic heterocycles. The van der Waals surface area contributed by atoms with Crippen molar-refractivity contribution in [2.45, 2.75) is 12.3 Å². The van der Waals surface area contributed by atoms with Crippen LogP contribution in [0.25, 0.3) is 0 Å². The molecular formula is C12H9Br2ClS. The summed E-state index contributed by atoms with van der Waals surface area (Å²) in [7, 11) is 0. The zero-order valence-electron chi connectivity index (χ0n) is 8.51. The number of alkyl halides is 1. The third-order valence-corrected chi connectivity index (χ3v) is 5.51. The summed E-state index contributed by atoms with van der Waals surface area (Å²) in [6.07, 6.45) is 0. The van der Waals surface area contributed by atoms with E-state index in [1.807, 2.05) is 11.4 Å². The van der Waals surface area contributed by atoms with Crippen LogP contribution in [0.15, 0.2) is 38.6 Å². The van der Waals surface area contributed by atoms with Crippen molar-refractivity contribution in [3.8, 4) is 0 Å². The summed E-state index contributed by atoms with van der Waals surface area (Å²) in [4.78, 5) is 1.14. The van der Waals surface area contributed by atoms with Crippen LogP contribution >= 0.6 is 54.8 Å². The Labute approximate surface area is 121 Å². The van der Waals surface area contributed by atoms with E-state index in [0.717, 1.165) is 19.4 Å². The highest BCUT2D eigenvalue weighted by Crippen LogP contribution is 2.40. The van der Waals surface area contributed by atoms with Crippen molar-refractivity contribution in [1.82, 2.24) is 0 Å². The molecule has 0 bridgehead atoms. The number of aryl methyl sites for hydroxylation is 1. The van der Waals surface area contributed by atoms with Crippen molar-refractivity contribution in [3.63, 3.8) is 0 Å². The van der Waals surface area contributed by atoms with Crippen LogP contribution in [-0.2, 0) is 0 Å². The Balaban J connectivity index is 2.41. The van der Waals surface area contributed by atoms with Crippen LogP contribution in [0.4, 0.5) is 0 Å². The van der Waals surface area contributed by atoms with Crippen molar-refractivity contribution in [3.05, 3.63) is 54.6 Å². The maximum Gasteiger partial charge on any atom is 0.0949 e. The number of benzene rings is 1. The van der Waals surface area contributed by atoms with Crippen molar-refractivity contribution < 1.29 is 0 Å². The number of hydrogen-bond acceptors (Lipinski definition) is 1. The minimum atomic E-state index is -0.107. The molecule has 1 heterocycles. The van der Waals surface area contributed by atoms with Crippen LogP contribution in [0, 0.1) is 6.92 Å². The molecule has 0 N–H and O–H groups in total. The number of hydrogen-bond donors (Lipinski definition) is 0. The Morgan fingerprint density at radius 1 is 1.19 bits per heavy atom. The molecule has 1 atom stereocenters. The molecule has 0 aliphatic heterocycles. The third-order valence-electron chi connectivity index (χ3n) is 2.30. The van der Waals surface area contributed by atoms with Gasteiger partial charge in [0.25, 0.3) is 0 Å². The summed E-state index contributed by atoms with van der Waals surface area (Å²) in [5.41, 5.74) is 2.33. The van der Waals surface area contributed by atoms with E-state index >= 15 is 0 Å². The van der Waals surface area contributed by atoms with E-state index in [1.165, 1.54) is 5.56 Å². The molecule has 1 unspecified atom stereocenters. The predicted octanol–water partition coefficient (Wildman–Crippen LogP) is 5.91. The van der Waals surface area contributed by atoms with Crippen LogP contribution in [0.2, 0.25) is 0 Å². The van der Waals surface area contributed by atoms with Gasteiger partial charge < -0.3 is 0 Å². The molecule has 0 spiro atoms. The molecule has 0 radical (unpaired) electrons. The van der Waals surface area contributed by atoms with E-state index in [0.29, 0.717) is 0 Å². The van der Waals surface area contributed by atoms with Crippen LogP contribution < -0.4 is 0 Å². The van der Waals surface area contributed by atoms with Crippen molar-refractivity contribution in [1.29, 1.82) is 0 Å². The molecule has 84 valence electrons. The van der Waals surface area contributed by atoms with Gasteiger partial charge in [-0.2, -0.15) is 0 Å². The fourth-order valence-corrected chi connectivity index (χ4v) is 4.51. The number of halogens is 3. The van der Waals surface area contributed by atoms with E-state index in [9.17, 15) is 0 Å². The second kappa shape index (κ2) is 5.21. The van der Waals surface area contributed by atoms with Gasteiger partial charge in [0.05, 0.1) is 5.38 Å². The Hall–Kier alpha value is 0.170. The fourth-order valence-electron chi connectivity index (χ4n) is 1.47. The lowest BCUT2D eigenvalue weighted by atomic mass is 10.1. The Morgan fingerprint density at radius 2 is 1.94 bits per heavy atom. The first-order chi connectivity index (χ1) is 7.59. The van der Waals surface area contributed by atoms with Gasteiger partial charge in [0.15, 0.2) is 0 Å². The molecule has 16 heavy (non-hydrogen) atoms. The third kappa shape index (κ3) is 2.53. The first kappa shape index (κ1) is 12.6. The van der Waals surface area contributed by atoms with Crippen molar-refractivity contribution >= 4 is 54.8 Å². The molecular weight excluding hydrogens is 371 g/mol. The summed E-state index contributed by atoms with van der Waals surface area (Å²) in [6, 6.07) is 8.27. The van der Waals surface area contributed by atoms with E-state index < -0.39 is 0 Å². The predicted molar refractivity (Wildman–Crippen MR) is 78.6 cm³/mol. The smallest absolute Gasteiger partial charge is 0.0949 e. The SMILES string of the molecule is Cc1ccc(C(Cl)c2sccc2Br)c(Br)c1. The van der Waals surface area contributed by atoms with Crippen molar-refractivity contribution in [2.24, 2.45) is 0 Å². The maximum atomic E-state index is 6.49. The molecule has 0 nitrogen and oxygen atoms in total. The topological polar surface area (TPSA) is 0 Å². The van der Waals surface area contributed by atoms with Gasteiger partial charge in [-0.25, -0.2) is 0 Å². The lowest BCUT2D eigenvalue weighted by Gasteiger charge is -2.11. The zero-order valence-corrected chi connectivity index (χ0v) is 13.3. The molecule has 0 amide bonds. The largest absolute Gasteiger partial charge is 0.146 e. The van der Waals surface area contributed by atoms with Crippen LogP contribution in [0.1, 0.15) is 21.4 Å². The van der Waals surface area contributed by atoms with Gasteiger partial charge >= 0.3 is 0 Å². The van der Waals surface area contributed by atoms with Gasteiger partial charge in [-0.1, -0.05) is 28.1 Å². The van der Waals surface area contributed by atoms with E-state index in [1.54, 1.807) is 11.3 Å². The molecule has 0 saturated heterocycles. The number of thiophene rings is 1. The molecule has 0 saturated carbocycles. The van der Waals surface area contributed by atoms with Gasteiger partial charge in [0.2, 0.25) is 0 Å². The molecule has 0 aliphatic carbocycles. The van der Waals surface area contributed by atoms with Gasteiger partial charge in [-0.05, 0) is 51.5 Å². The average Bonchev–Trinajstić information content (AvgIpc) is 2.63. The molecule has 2 aromatic rings. The van der Waals surface area contributed by atoms with Crippen molar-refractivity contribution in [2.75, 3.05) is 0 Å². The minimum Gasteiger partial charge on any atom is -0.146 e. The highest BCUT2D eigenvalue weighted by Gasteiger charge is 2.17. The summed E-state index contributed by atoms with van der Waals surface area (Å²) in [6.45, 7) is 2.07. The monoisotopic (exact) mass is 378 g/mol. The summed E-state index contributed by atoms with van der Waals surface area (Å²) in [5.74, 6) is 0. The average molecular weight is 381 g/mol. The zero-order chi connectivity index (χ0) is 11.7. The maximum absolute atomic E-state index is 6.49. The first-order valence-corrected chi connectivity index (χ1v) is 7.63. The van der Waals surface area contributed by atoms with Gasteiger partial charge in [-0.15, -0.1) is 22.9 Å². The van der Waals surface area contributed by atoms with E-state index in [-0.39, 0.29) is 5.38 Å². The molecule has 2 rings (SSSR count). The summed E-state index contributed by atoms with van der Waals surface area (Å²) >= 11 is 15.2. The normalized spacial score (nSPS) is 12.8. The highest BCUT2D eigenvalue weighted by molar-refractivity contribution is 9.10. The molecule has 0 aliphatic rings. The fraction of sp³-hybridized carbons (Fsp3) is 0.167. The molecule has 4 heteroatoms. The summed E-state index contributed by atoms with van der Waals surface area (Å²) in [5, 5.41) is 1.93. The van der Waals surface area contributed by atoms with Gasteiger partial charge in [-0.3, -0.25) is 0 Å². The molecule has 0 fully saturated rings. The number of rotatable bonds is 2. The second-order valence-electron chi connectivity index (χ2n) is 3.52. The minimum absolute atomic E-state index is 0.107. The van der Waals surface area contributed by atoms with Crippen LogP contribution in [0.3, 0.4) is 0 Å². The second-order valence-corrected chi connectivity index (χ2v) is 6.61. The quantitative estimate of drug-likeness (QED) is 0.568. The van der Waals surface area contributed by atoms with Crippen LogP contribution in [0.5, 0.6) is 0 Å². The summed E-state index contributed by atoms with van der Waals surface area (Å²) < 4.78 is 2.14. The van der Waals surface area contributed by atoms with E-state index in [2.05, 4.69) is 57.0 Å². The first-order valence-electron chi connectivity index (χ1n) is 4.72. The lowest BCUT2D eigenvalue weighted by Crippen LogP contribution is -1.93. The Bertz CT molecular complexity index is 507. The van der Waals surface area contributed by atoms with Crippen LogP contribution in [-0.4, -0.2) is 0 Å². The molecule has 1 aromatic carbocycles. The Morgan fingerprint density at radius 3 is 2.50 bits per heavy atom. The Kier molecular flexibility index (Phi) is 4.11. The van der Waals surface area contributed by atoms with E-state index in [4.69, 9.17) is 11.6 Å². The lowest BCUT2D eigenvalue weighted by molar-refractivity contribution is 1.15. The van der Waals surface area contributed by atoms with Gasteiger partial charge in [0.1, 0.15) is 0 Å². The standard InChI is InChI=1S/C12H9Br2ClS/c1-7-2-3-8(10(14)6-7)11(15)12-9(13)4-5-16-12/h2-6,11H,1H3. The van der Waals surface area contributed by atoms with Gasteiger partial charge in [0, 0.05) is 13.8 Å².